The minimum absolute atomic E-state index is 1.02. The van der Waals surface area contributed by atoms with Gasteiger partial charge in [-0.3, -0.25) is 9.98 Å². The summed E-state index contributed by atoms with van der Waals surface area (Å²) >= 11 is 0. The maximum atomic E-state index is 4.50. The number of aromatic nitrogens is 1. The van der Waals surface area contributed by atoms with E-state index in [1.807, 2.05) is 31.3 Å². The Morgan fingerprint density at radius 3 is 2.86 bits per heavy atom. The molecule has 0 unspecified atom stereocenters. The molecule has 2 nitrogen and oxygen atoms in total. The van der Waals surface area contributed by atoms with E-state index in [1.165, 1.54) is 0 Å². The number of benzene rings is 1. The molecule has 0 fully saturated rings. The Hall–Kier alpha value is -1.70. The lowest BCUT2D eigenvalue weighted by Crippen LogP contribution is -1.92. The van der Waals surface area contributed by atoms with Gasteiger partial charge in [0.1, 0.15) is 0 Å². The van der Waals surface area contributed by atoms with Gasteiger partial charge in [0.05, 0.1) is 5.52 Å². The van der Waals surface area contributed by atoms with Gasteiger partial charge in [-0.1, -0.05) is 18.2 Å². The number of hydrogen-bond acceptors (Lipinski definition) is 2. The molecule has 2 aromatic rings. The van der Waals surface area contributed by atoms with Crippen molar-refractivity contribution in [3.8, 4) is 0 Å². The number of aliphatic imine (C=N–C) groups is 1. The van der Waals surface area contributed by atoms with Gasteiger partial charge in [-0.15, -0.1) is 0 Å². The zero-order valence-electron chi connectivity index (χ0n) is 8.36. The van der Waals surface area contributed by atoms with E-state index in [0.29, 0.717) is 0 Å². The zero-order chi connectivity index (χ0) is 9.97. The first-order valence-corrected chi connectivity index (χ1v) is 4.60. The van der Waals surface area contributed by atoms with E-state index < -0.39 is 0 Å². The van der Waals surface area contributed by atoms with Crippen molar-refractivity contribution in [1.82, 2.24) is 4.98 Å². The molecule has 0 spiro atoms. The summed E-state index contributed by atoms with van der Waals surface area (Å²) in [6, 6.07) is 10.2. The van der Waals surface area contributed by atoms with Crippen LogP contribution in [0.5, 0.6) is 0 Å². The van der Waals surface area contributed by atoms with E-state index in [-0.39, 0.29) is 0 Å². The molecular weight excluding hydrogens is 172 g/mol. The highest BCUT2D eigenvalue weighted by Crippen LogP contribution is 2.14. The minimum Gasteiger partial charge on any atom is -0.296 e. The second-order valence-corrected chi connectivity index (χ2v) is 3.24. The van der Waals surface area contributed by atoms with Crippen molar-refractivity contribution >= 4 is 17.1 Å². The van der Waals surface area contributed by atoms with Gasteiger partial charge in [-0.2, -0.15) is 0 Å². The van der Waals surface area contributed by atoms with Gasteiger partial charge in [-0.05, 0) is 19.1 Å². The molecule has 0 radical (unpaired) electrons. The van der Waals surface area contributed by atoms with Gasteiger partial charge >= 0.3 is 0 Å². The Bertz CT molecular complexity index is 487. The lowest BCUT2D eigenvalue weighted by atomic mass is 10.1. The smallest absolute Gasteiger partial charge is 0.0705 e. The first-order valence-electron chi connectivity index (χ1n) is 4.60. The highest BCUT2D eigenvalue weighted by Gasteiger charge is 1.99. The van der Waals surface area contributed by atoms with E-state index in [4.69, 9.17) is 0 Å². The largest absolute Gasteiger partial charge is 0.296 e. The van der Waals surface area contributed by atoms with Crippen LogP contribution in [0.4, 0.5) is 0 Å². The number of pyridine rings is 1. The molecule has 1 aromatic heterocycles. The van der Waals surface area contributed by atoms with Gasteiger partial charge in [0, 0.05) is 29.9 Å². The van der Waals surface area contributed by atoms with Crippen molar-refractivity contribution in [2.45, 2.75) is 6.92 Å². The Morgan fingerprint density at radius 1 is 1.29 bits per heavy atom. The summed E-state index contributed by atoms with van der Waals surface area (Å²) in [7, 11) is 1.77. The second-order valence-electron chi connectivity index (χ2n) is 3.24. The van der Waals surface area contributed by atoms with Gasteiger partial charge in [0.25, 0.3) is 0 Å². The average molecular weight is 184 g/mol. The predicted molar refractivity (Wildman–Crippen MR) is 60.0 cm³/mol. The molecule has 0 aliphatic rings. The second kappa shape index (κ2) is 3.58. The molecular formula is C12H12N2. The highest BCUT2D eigenvalue weighted by molar-refractivity contribution is 5.89. The zero-order valence-corrected chi connectivity index (χ0v) is 8.36. The fourth-order valence-corrected chi connectivity index (χ4v) is 1.50. The van der Waals surface area contributed by atoms with E-state index in [2.05, 4.69) is 22.1 Å². The molecule has 0 aliphatic carbocycles. The van der Waals surface area contributed by atoms with Crippen LogP contribution in [0.25, 0.3) is 10.9 Å². The number of para-hydroxylation sites is 1. The van der Waals surface area contributed by atoms with E-state index in [0.717, 1.165) is 22.2 Å². The topological polar surface area (TPSA) is 25.2 Å². The predicted octanol–water partition coefficient (Wildman–Crippen LogP) is 2.59. The molecule has 1 aromatic carbocycles. The van der Waals surface area contributed by atoms with E-state index in [9.17, 15) is 0 Å². The lowest BCUT2D eigenvalue weighted by Gasteiger charge is -2.02. The fourth-order valence-electron chi connectivity index (χ4n) is 1.50. The van der Waals surface area contributed by atoms with Crippen molar-refractivity contribution < 1.29 is 0 Å². The van der Waals surface area contributed by atoms with Crippen molar-refractivity contribution in [2.75, 3.05) is 7.05 Å². The molecule has 2 heteroatoms. The summed E-state index contributed by atoms with van der Waals surface area (Å²) in [6.07, 6.45) is 1.84. The van der Waals surface area contributed by atoms with Crippen LogP contribution in [-0.4, -0.2) is 18.2 Å². The van der Waals surface area contributed by atoms with Crippen molar-refractivity contribution in [1.29, 1.82) is 0 Å². The number of fused-ring (bicyclic) bond motifs is 1. The summed E-state index contributed by atoms with van der Waals surface area (Å²) < 4.78 is 0. The number of rotatable bonds is 1. The van der Waals surface area contributed by atoms with E-state index >= 15 is 0 Å². The van der Waals surface area contributed by atoms with Gasteiger partial charge < -0.3 is 0 Å². The summed E-state index contributed by atoms with van der Waals surface area (Å²) in [5, 5.41) is 1.16. The number of hydrogen-bond donors (Lipinski definition) is 0. The fraction of sp³-hybridized carbons (Fsp3) is 0.167. The molecule has 14 heavy (non-hydrogen) atoms. The summed E-state index contributed by atoms with van der Waals surface area (Å²) in [4.78, 5) is 8.51. The van der Waals surface area contributed by atoms with Crippen LogP contribution >= 0.6 is 0 Å². The molecule has 0 N–H and O–H groups in total. The molecule has 0 saturated heterocycles. The molecule has 0 saturated carbocycles. The monoisotopic (exact) mass is 184 g/mol. The van der Waals surface area contributed by atoms with Crippen LogP contribution in [0.1, 0.15) is 11.3 Å². The maximum Gasteiger partial charge on any atom is 0.0705 e. The normalized spacial score (nSPS) is 11.3. The average Bonchev–Trinajstić information content (AvgIpc) is 2.19. The third-order valence-corrected chi connectivity index (χ3v) is 2.22. The first kappa shape index (κ1) is 8.88. The van der Waals surface area contributed by atoms with Gasteiger partial charge in [-0.25, -0.2) is 0 Å². The van der Waals surface area contributed by atoms with E-state index in [1.54, 1.807) is 7.05 Å². The molecule has 2 rings (SSSR count). The first-order chi connectivity index (χ1) is 6.81. The third kappa shape index (κ3) is 1.51. The number of nitrogens with zero attached hydrogens (tertiary/aromatic N) is 2. The molecule has 0 aliphatic heterocycles. The molecule has 0 bridgehead atoms. The Labute approximate surface area is 83.3 Å². The lowest BCUT2D eigenvalue weighted by molar-refractivity contribution is 1.24. The summed E-state index contributed by atoms with van der Waals surface area (Å²) in [5.74, 6) is 0. The van der Waals surface area contributed by atoms with Crippen LogP contribution in [-0.2, 0) is 0 Å². The highest BCUT2D eigenvalue weighted by atomic mass is 14.7. The van der Waals surface area contributed by atoms with Crippen LogP contribution < -0.4 is 0 Å². The Balaban J connectivity index is 2.70. The van der Waals surface area contributed by atoms with Gasteiger partial charge in [0.2, 0.25) is 0 Å². The van der Waals surface area contributed by atoms with Crippen molar-refractivity contribution in [3.63, 3.8) is 0 Å². The maximum absolute atomic E-state index is 4.50. The van der Waals surface area contributed by atoms with Gasteiger partial charge in [0.15, 0.2) is 0 Å². The number of aryl methyl sites for hydroxylation is 1. The molecule has 1 heterocycles. The Morgan fingerprint density at radius 2 is 2.07 bits per heavy atom. The quantitative estimate of drug-likeness (QED) is 0.625. The molecule has 0 amide bonds. The SMILES string of the molecule is C/N=C/c1cc2ccccc2nc1C. The van der Waals surface area contributed by atoms with Crippen LogP contribution in [0.3, 0.4) is 0 Å². The molecule has 0 atom stereocenters. The summed E-state index contributed by atoms with van der Waals surface area (Å²) in [5.41, 5.74) is 3.15. The van der Waals surface area contributed by atoms with Crippen LogP contribution in [0.2, 0.25) is 0 Å². The molecule has 70 valence electrons. The minimum atomic E-state index is 1.02. The summed E-state index contributed by atoms with van der Waals surface area (Å²) in [6.45, 7) is 2.00. The Kier molecular flexibility index (Phi) is 2.27. The van der Waals surface area contributed by atoms with Crippen LogP contribution in [0, 0.1) is 6.92 Å². The standard InChI is InChI=1S/C12H12N2/c1-9-11(8-13-2)7-10-5-3-4-6-12(10)14-9/h3-8H,1-2H3/b13-8+. The van der Waals surface area contributed by atoms with Crippen molar-refractivity contribution in [2.24, 2.45) is 4.99 Å². The van der Waals surface area contributed by atoms with Crippen LogP contribution in [0.15, 0.2) is 35.3 Å². The third-order valence-electron chi connectivity index (χ3n) is 2.22. The van der Waals surface area contributed by atoms with Crippen molar-refractivity contribution in [3.05, 3.63) is 41.6 Å².